The largest absolute Gasteiger partial charge is 0.481 e. The number of carbonyl (C=O) groups is 1. The molecule has 0 saturated heterocycles. The Hall–Kier alpha value is -1.55. The van der Waals surface area contributed by atoms with Crippen LogP contribution < -0.4 is 10.1 Å². The molecule has 1 aromatic rings. The second-order valence-electron chi connectivity index (χ2n) is 4.20. The maximum atomic E-state index is 11.8. The molecule has 4 nitrogen and oxygen atoms in total. The highest BCUT2D eigenvalue weighted by atomic mass is 16.5. The van der Waals surface area contributed by atoms with Crippen LogP contribution in [0.2, 0.25) is 0 Å². The highest BCUT2D eigenvalue weighted by Crippen LogP contribution is 2.15. The summed E-state index contributed by atoms with van der Waals surface area (Å²) in [5, 5.41) is 11.4. The van der Waals surface area contributed by atoms with Crippen molar-refractivity contribution in [3.63, 3.8) is 0 Å². The number of amides is 1. The summed E-state index contributed by atoms with van der Waals surface area (Å²) in [5.74, 6) is 0.576. The van der Waals surface area contributed by atoms with Gasteiger partial charge in [-0.15, -0.1) is 0 Å². The van der Waals surface area contributed by atoms with Crippen LogP contribution in [0, 0.1) is 6.92 Å². The first-order valence-electron chi connectivity index (χ1n) is 6.29. The van der Waals surface area contributed by atoms with E-state index in [2.05, 4.69) is 5.32 Å². The molecule has 1 atom stereocenters. The van der Waals surface area contributed by atoms with Crippen molar-refractivity contribution in [2.45, 2.75) is 32.8 Å². The number of hydrogen-bond acceptors (Lipinski definition) is 3. The van der Waals surface area contributed by atoms with E-state index >= 15 is 0 Å². The second-order valence-corrected chi connectivity index (χ2v) is 4.20. The van der Waals surface area contributed by atoms with Gasteiger partial charge in [-0.3, -0.25) is 4.79 Å². The van der Waals surface area contributed by atoms with Crippen molar-refractivity contribution in [3.05, 3.63) is 29.8 Å². The van der Waals surface area contributed by atoms with Gasteiger partial charge in [-0.05, 0) is 37.5 Å². The van der Waals surface area contributed by atoms with Gasteiger partial charge in [0.25, 0.3) is 5.91 Å². The summed E-state index contributed by atoms with van der Waals surface area (Å²) < 4.78 is 5.66. The molecular weight excluding hydrogens is 230 g/mol. The number of rotatable bonds is 7. The van der Waals surface area contributed by atoms with E-state index in [0.29, 0.717) is 25.1 Å². The smallest absolute Gasteiger partial charge is 0.261 e. The Balaban J connectivity index is 2.53. The van der Waals surface area contributed by atoms with Gasteiger partial charge in [-0.2, -0.15) is 0 Å². The van der Waals surface area contributed by atoms with Gasteiger partial charge in [0.05, 0.1) is 0 Å². The maximum Gasteiger partial charge on any atom is 0.261 e. The van der Waals surface area contributed by atoms with Gasteiger partial charge in [0.15, 0.2) is 6.10 Å². The zero-order valence-electron chi connectivity index (χ0n) is 11.0. The molecular formula is C14H21NO3. The van der Waals surface area contributed by atoms with Gasteiger partial charge >= 0.3 is 0 Å². The molecule has 100 valence electrons. The Morgan fingerprint density at radius 2 is 2.28 bits per heavy atom. The Bertz CT molecular complexity index is 379. The molecule has 0 radical (unpaired) electrons. The molecule has 0 bridgehead atoms. The van der Waals surface area contributed by atoms with E-state index in [0.717, 1.165) is 5.56 Å². The molecule has 0 heterocycles. The molecule has 0 aliphatic carbocycles. The minimum absolute atomic E-state index is 0.0792. The molecule has 0 fully saturated rings. The molecule has 18 heavy (non-hydrogen) atoms. The Morgan fingerprint density at radius 3 is 2.89 bits per heavy atom. The first-order valence-corrected chi connectivity index (χ1v) is 6.29. The normalized spacial score (nSPS) is 11.9. The van der Waals surface area contributed by atoms with Gasteiger partial charge in [0.1, 0.15) is 5.75 Å². The van der Waals surface area contributed by atoms with Crippen LogP contribution >= 0.6 is 0 Å². The van der Waals surface area contributed by atoms with Crippen LogP contribution in [0.4, 0.5) is 0 Å². The van der Waals surface area contributed by atoms with Crippen molar-refractivity contribution in [1.82, 2.24) is 5.32 Å². The number of carbonyl (C=O) groups excluding carboxylic acids is 1. The van der Waals surface area contributed by atoms with Crippen LogP contribution in [-0.4, -0.2) is 30.3 Å². The van der Waals surface area contributed by atoms with Crippen LogP contribution in [0.1, 0.15) is 25.3 Å². The third kappa shape index (κ3) is 4.75. The number of aliphatic hydroxyl groups is 1. The lowest BCUT2D eigenvalue weighted by atomic mass is 10.2. The first-order chi connectivity index (χ1) is 8.67. The lowest BCUT2D eigenvalue weighted by Gasteiger charge is -2.17. The number of hydrogen-bond donors (Lipinski definition) is 2. The van der Waals surface area contributed by atoms with Crippen molar-refractivity contribution in [2.24, 2.45) is 0 Å². The number of benzene rings is 1. The predicted octanol–water partition coefficient (Wildman–Crippen LogP) is 1.65. The molecule has 0 aliphatic rings. The second kappa shape index (κ2) is 7.71. The Kier molecular flexibility index (Phi) is 6.22. The highest BCUT2D eigenvalue weighted by molar-refractivity contribution is 5.81. The lowest BCUT2D eigenvalue weighted by Crippen LogP contribution is -2.38. The fourth-order valence-electron chi connectivity index (χ4n) is 1.58. The van der Waals surface area contributed by atoms with Crippen molar-refractivity contribution >= 4 is 5.91 Å². The summed E-state index contributed by atoms with van der Waals surface area (Å²) in [4.78, 5) is 11.8. The molecule has 2 N–H and O–H groups in total. The van der Waals surface area contributed by atoms with Crippen LogP contribution in [0.15, 0.2) is 24.3 Å². The van der Waals surface area contributed by atoms with Crippen molar-refractivity contribution in [2.75, 3.05) is 13.2 Å². The lowest BCUT2D eigenvalue weighted by molar-refractivity contribution is -0.128. The van der Waals surface area contributed by atoms with Gasteiger partial charge < -0.3 is 15.2 Å². The SMILES string of the molecule is CCC(Oc1cccc(C)c1)C(=O)NCCCO. The number of nitrogens with one attached hydrogen (secondary N) is 1. The summed E-state index contributed by atoms with van der Waals surface area (Å²) in [7, 11) is 0. The van der Waals surface area contributed by atoms with Gasteiger partial charge in [-0.1, -0.05) is 19.1 Å². The van der Waals surface area contributed by atoms with Crippen molar-refractivity contribution < 1.29 is 14.6 Å². The minimum atomic E-state index is -0.481. The highest BCUT2D eigenvalue weighted by Gasteiger charge is 2.17. The Morgan fingerprint density at radius 1 is 1.50 bits per heavy atom. The molecule has 4 heteroatoms. The molecule has 1 rings (SSSR count). The van der Waals surface area contributed by atoms with E-state index in [1.165, 1.54) is 0 Å². The third-order valence-corrected chi connectivity index (χ3v) is 2.57. The predicted molar refractivity (Wildman–Crippen MR) is 70.6 cm³/mol. The zero-order chi connectivity index (χ0) is 13.4. The van der Waals surface area contributed by atoms with E-state index in [9.17, 15) is 4.79 Å². The van der Waals surface area contributed by atoms with Crippen LogP contribution in [0.25, 0.3) is 0 Å². The molecule has 0 spiro atoms. The van der Waals surface area contributed by atoms with Crippen LogP contribution in [0.5, 0.6) is 5.75 Å². The number of aliphatic hydroxyl groups excluding tert-OH is 1. The van der Waals surface area contributed by atoms with E-state index < -0.39 is 6.10 Å². The fraction of sp³-hybridized carbons (Fsp3) is 0.500. The third-order valence-electron chi connectivity index (χ3n) is 2.57. The summed E-state index contributed by atoms with van der Waals surface area (Å²) in [6.07, 6.45) is 0.691. The van der Waals surface area contributed by atoms with Crippen LogP contribution in [-0.2, 0) is 4.79 Å². The summed E-state index contributed by atoms with van der Waals surface area (Å²) in [6, 6.07) is 7.64. The zero-order valence-corrected chi connectivity index (χ0v) is 11.0. The van der Waals surface area contributed by atoms with Gasteiger partial charge in [-0.25, -0.2) is 0 Å². The number of ether oxygens (including phenoxy) is 1. The molecule has 1 unspecified atom stereocenters. The van der Waals surface area contributed by atoms with Crippen molar-refractivity contribution in [3.8, 4) is 5.75 Å². The minimum Gasteiger partial charge on any atom is -0.481 e. The van der Waals surface area contributed by atoms with E-state index in [4.69, 9.17) is 9.84 Å². The summed E-state index contributed by atoms with van der Waals surface area (Å²) in [6.45, 7) is 4.44. The molecule has 1 amide bonds. The van der Waals surface area contributed by atoms with E-state index in [1.807, 2.05) is 38.1 Å². The molecule has 0 aliphatic heterocycles. The fourth-order valence-corrected chi connectivity index (χ4v) is 1.58. The monoisotopic (exact) mass is 251 g/mol. The average molecular weight is 251 g/mol. The Labute approximate surface area is 108 Å². The quantitative estimate of drug-likeness (QED) is 0.724. The van der Waals surface area contributed by atoms with E-state index in [-0.39, 0.29) is 12.5 Å². The molecule has 1 aromatic carbocycles. The summed E-state index contributed by atoms with van der Waals surface area (Å²) >= 11 is 0. The summed E-state index contributed by atoms with van der Waals surface area (Å²) in [5.41, 5.74) is 1.10. The van der Waals surface area contributed by atoms with Gasteiger partial charge in [0, 0.05) is 13.2 Å². The number of aryl methyl sites for hydroxylation is 1. The van der Waals surface area contributed by atoms with Crippen LogP contribution in [0.3, 0.4) is 0 Å². The van der Waals surface area contributed by atoms with E-state index in [1.54, 1.807) is 0 Å². The van der Waals surface area contributed by atoms with Gasteiger partial charge in [0.2, 0.25) is 0 Å². The van der Waals surface area contributed by atoms with Crippen molar-refractivity contribution in [1.29, 1.82) is 0 Å². The topological polar surface area (TPSA) is 58.6 Å². The first kappa shape index (κ1) is 14.5. The molecule has 0 aromatic heterocycles. The molecule has 0 saturated carbocycles. The average Bonchev–Trinajstić information content (AvgIpc) is 2.36. The maximum absolute atomic E-state index is 11.8. The standard InChI is InChI=1S/C14H21NO3/c1-3-13(14(17)15-8-5-9-16)18-12-7-4-6-11(2)10-12/h4,6-7,10,13,16H,3,5,8-9H2,1-2H3,(H,15,17).